The summed E-state index contributed by atoms with van der Waals surface area (Å²) >= 11 is 0. The molecule has 0 aliphatic rings. The molecule has 0 spiro atoms. The summed E-state index contributed by atoms with van der Waals surface area (Å²) in [5.41, 5.74) is 4.03. The van der Waals surface area contributed by atoms with Gasteiger partial charge in [-0.25, -0.2) is 19.1 Å². The molecule has 4 heterocycles. The third kappa shape index (κ3) is 4.35. The maximum absolute atomic E-state index is 13.5. The van der Waals surface area contributed by atoms with Crippen molar-refractivity contribution >= 4 is 0 Å². The van der Waals surface area contributed by atoms with Crippen molar-refractivity contribution in [3.63, 3.8) is 0 Å². The summed E-state index contributed by atoms with van der Waals surface area (Å²) in [5, 5.41) is 18.6. The molecule has 0 radical (unpaired) electrons. The number of tetrazole rings is 1. The topological polar surface area (TPSA) is 125 Å². The predicted octanol–water partition coefficient (Wildman–Crippen LogP) is 3.23. The molecule has 0 bridgehead atoms. The summed E-state index contributed by atoms with van der Waals surface area (Å²) in [6.45, 7) is 8.55. The lowest BCUT2D eigenvalue weighted by Crippen LogP contribution is -2.31. The quantitative estimate of drug-likeness (QED) is 0.376. The monoisotopic (exact) mass is 484 g/mol. The number of nitrogens with one attached hydrogen (secondary N) is 1. The van der Waals surface area contributed by atoms with Crippen LogP contribution in [0, 0.1) is 0 Å². The molecular weight excluding hydrogens is 456 g/mol. The third-order valence-corrected chi connectivity index (χ3v) is 5.93. The molecular formula is C25H28N10O. The highest BCUT2D eigenvalue weighted by Crippen LogP contribution is 2.29. The molecule has 1 N–H and O–H groups in total. The van der Waals surface area contributed by atoms with Gasteiger partial charge in [0.1, 0.15) is 6.33 Å². The zero-order valence-corrected chi connectivity index (χ0v) is 20.8. The molecule has 5 aromatic rings. The number of nitrogens with zero attached hydrogens (tertiary/aromatic N) is 9. The van der Waals surface area contributed by atoms with Gasteiger partial charge in [0.25, 0.3) is 0 Å². The smallest absolute Gasteiger partial charge is 0.290 e. The van der Waals surface area contributed by atoms with Crippen LogP contribution in [0.1, 0.15) is 45.5 Å². The molecule has 184 valence electrons. The van der Waals surface area contributed by atoms with Crippen molar-refractivity contribution in [1.29, 1.82) is 0 Å². The third-order valence-electron chi connectivity index (χ3n) is 5.93. The Hall–Kier alpha value is -4.41. The Morgan fingerprint density at radius 3 is 2.50 bits per heavy atom. The van der Waals surface area contributed by atoms with Crippen LogP contribution in [-0.4, -0.2) is 49.5 Å². The molecule has 5 rings (SSSR count). The van der Waals surface area contributed by atoms with E-state index in [1.54, 1.807) is 13.8 Å². The van der Waals surface area contributed by atoms with Gasteiger partial charge in [0, 0.05) is 29.2 Å². The second-order valence-corrected chi connectivity index (χ2v) is 9.59. The highest BCUT2D eigenvalue weighted by atomic mass is 16.2. The maximum atomic E-state index is 13.5. The molecule has 0 amide bonds. The average molecular weight is 485 g/mol. The van der Waals surface area contributed by atoms with Crippen molar-refractivity contribution in [3.05, 3.63) is 77.0 Å². The summed E-state index contributed by atoms with van der Waals surface area (Å²) in [5.74, 6) is 1.10. The first-order valence-corrected chi connectivity index (χ1v) is 11.9. The van der Waals surface area contributed by atoms with Crippen LogP contribution in [-0.2, 0) is 18.5 Å². The van der Waals surface area contributed by atoms with E-state index in [1.807, 2.05) is 69.6 Å². The zero-order chi connectivity index (χ0) is 25.3. The second kappa shape index (κ2) is 9.33. The van der Waals surface area contributed by atoms with Crippen LogP contribution in [0.5, 0.6) is 0 Å². The lowest BCUT2D eigenvalue weighted by atomic mass is 10.0. The summed E-state index contributed by atoms with van der Waals surface area (Å²) in [6.07, 6.45) is 6.85. The summed E-state index contributed by atoms with van der Waals surface area (Å²) < 4.78 is 5.11. The normalized spacial score (nSPS) is 11.8. The van der Waals surface area contributed by atoms with E-state index in [2.05, 4.69) is 42.6 Å². The molecule has 0 fully saturated rings. The number of imidazole rings is 1. The first kappa shape index (κ1) is 23.3. The molecule has 0 aliphatic heterocycles. The molecule has 0 unspecified atom stereocenters. The molecule has 1 aromatic carbocycles. The summed E-state index contributed by atoms with van der Waals surface area (Å²) in [7, 11) is 0. The van der Waals surface area contributed by atoms with Crippen LogP contribution in [0.4, 0.5) is 0 Å². The van der Waals surface area contributed by atoms with E-state index in [9.17, 15) is 4.79 Å². The molecule has 0 saturated carbocycles. The van der Waals surface area contributed by atoms with Gasteiger partial charge in [0.05, 0.1) is 17.8 Å². The Bertz CT molecular complexity index is 1520. The van der Waals surface area contributed by atoms with Gasteiger partial charge in [-0.2, -0.15) is 10.1 Å². The lowest BCUT2D eigenvalue weighted by molar-refractivity contribution is 0.349. The summed E-state index contributed by atoms with van der Waals surface area (Å²) in [4.78, 5) is 22.6. The van der Waals surface area contributed by atoms with Gasteiger partial charge in [-0.1, -0.05) is 43.7 Å². The number of rotatable bonds is 7. The standard InChI is InChI=1S/C25H28N10O/c1-5-8-19-15-34(23-27-16-28-35(23)25(2,3)4)24(36)33(19)14-18-12-11-17(13-26-18)20-9-6-7-10-21(20)22-29-31-32-30-22/h6-7,9-13,15-16H,5,8,14H2,1-4H3,(H,29,30,31,32). The first-order valence-electron chi connectivity index (χ1n) is 11.9. The van der Waals surface area contributed by atoms with E-state index >= 15 is 0 Å². The van der Waals surface area contributed by atoms with E-state index in [0.717, 1.165) is 40.9 Å². The van der Waals surface area contributed by atoms with Gasteiger partial charge < -0.3 is 0 Å². The zero-order valence-electron chi connectivity index (χ0n) is 20.8. The van der Waals surface area contributed by atoms with Crippen LogP contribution in [0.15, 0.2) is 59.9 Å². The Kier molecular flexibility index (Phi) is 6.05. The number of hydrogen-bond acceptors (Lipinski definition) is 7. The number of H-pyrrole nitrogens is 1. The van der Waals surface area contributed by atoms with E-state index in [0.29, 0.717) is 18.3 Å². The molecule has 36 heavy (non-hydrogen) atoms. The van der Waals surface area contributed by atoms with Crippen LogP contribution >= 0.6 is 0 Å². The van der Waals surface area contributed by atoms with Crippen molar-refractivity contribution in [2.45, 2.75) is 52.6 Å². The van der Waals surface area contributed by atoms with Gasteiger partial charge in [-0.15, -0.1) is 5.10 Å². The van der Waals surface area contributed by atoms with Gasteiger partial charge >= 0.3 is 5.69 Å². The highest BCUT2D eigenvalue weighted by Gasteiger charge is 2.23. The largest absolute Gasteiger partial charge is 0.335 e. The van der Waals surface area contributed by atoms with E-state index < -0.39 is 0 Å². The molecule has 11 nitrogen and oxygen atoms in total. The number of pyridine rings is 1. The first-order chi connectivity index (χ1) is 17.4. The fourth-order valence-corrected chi connectivity index (χ4v) is 4.22. The molecule has 0 aliphatic carbocycles. The van der Waals surface area contributed by atoms with Crippen LogP contribution in [0.2, 0.25) is 0 Å². The predicted molar refractivity (Wildman–Crippen MR) is 135 cm³/mol. The Morgan fingerprint density at radius 1 is 1.03 bits per heavy atom. The van der Waals surface area contributed by atoms with Crippen LogP contribution < -0.4 is 5.69 Å². The number of benzene rings is 1. The molecule has 0 saturated heterocycles. The number of aromatic nitrogens is 10. The van der Waals surface area contributed by atoms with Crippen LogP contribution in [0.25, 0.3) is 28.5 Å². The minimum absolute atomic E-state index is 0.161. The number of hydrogen-bond donors (Lipinski definition) is 1. The second-order valence-electron chi connectivity index (χ2n) is 9.59. The minimum Gasteiger partial charge on any atom is -0.290 e. The molecule has 0 atom stereocenters. The molecule has 11 heteroatoms. The lowest BCUT2D eigenvalue weighted by Gasteiger charge is -2.20. The van der Waals surface area contributed by atoms with Crippen molar-refractivity contribution in [1.82, 2.24) is 49.5 Å². The van der Waals surface area contributed by atoms with Gasteiger partial charge in [-0.3, -0.25) is 9.55 Å². The average Bonchev–Trinajstić information content (AvgIpc) is 3.62. The summed E-state index contributed by atoms with van der Waals surface area (Å²) in [6, 6.07) is 11.8. The SMILES string of the molecule is CCCc1cn(-c2ncnn2C(C)(C)C)c(=O)n1Cc1ccc(-c2ccccc2-c2nnn[nH]2)cn1. The van der Waals surface area contributed by atoms with E-state index in [4.69, 9.17) is 0 Å². The van der Waals surface area contributed by atoms with Gasteiger partial charge in [0.15, 0.2) is 5.82 Å². The minimum atomic E-state index is -0.312. The van der Waals surface area contributed by atoms with Crippen molar-refractivity contribution in [2.75, 3.05) is 0 Å². The number of aromatic amines is 1. The van der Waals surface area contributed by atoms with Crippen molar-refractivity contribution in [3.8, 4) is 28.5 Å². The van der Waals surface area contributed by atoms with Gasteiger partial charge in [0.2, 0.25) is 5.95 Å². The van der Waals surface area contributed by atoms with Gasteiger partial charge in [-0.05, 0) is 49.2 Å². The Labute approximate surface area is 207 Å². The highest BCUT2D eigenvalue weighted by molar-refractivity contribution is 5.79. The fraction of sp³-hybridized carbons (Fsp3) is 0.320. The van der Waals surface area contributed by atoms with Crippen molar-refractivity contribution in [2.24, 2.45) is 0 Å². The van der Waals surface area contributed by atoms with Crippen LogP contribution in [0.3, 0.4) is 0 Å². The van der Waals surface area contributed by atoms with E-state index in [1.165, 1.54) is 6.33 Å². The van der Waals surface area contributed by atoms with Crippen molar-refractivity contribution < 1.29 is 0 Å². The fourth-order valence-electron chi connectivity index (χ4n) is 4.22. The maximum Gasteiger partial charge on any atom is 0.335 e. The number of aryl methyl sites for hydroxylation is 1. The molecule has 4 aromatic heterocycles. The van der Waals surface area contributed by atoms with E-state index in [-0.39, 0.29) is 11.2 Å². The Morgan fingerprint density at radius 2 is 1.83 bits per heavy atom. The Balaban J connectivity index is 1.48.